The first-order valence-electron chi connectivity index (χ1n) is 10.9. The third-order valence-corrected chi connectivity index (χ3v) is 6.53. The highest BCUT2D eigenvalue weighted by atomic mass is 32.2. The SMILES string of the molecule is Cc1ccc(-n2c(SCC(=O)N(C)CC(=O)NC3CC3)nnc2N2CCCCC2)cc1. The quantitative estimate of drug-likeness (QED) is 0.632. The topological polar surface area (TPSA) is 83.4 Å². The van der Waals surface area contributed by atoms with Gasteiger partial charge in [0.2, 0.25) is 17.8 Å². The second-order valence-corrected chi connectivity index (χ2v) is 9.32. The summed E-state index contributed by atoms with van der Waals surface area (Å²) in [6, 6.07) is 8.56. The van der Waals surface area contributed by atoms with Crippen molar-refractivity contribution in [3.8, 4) is 5.69 Å². The Labute approximate surface area is 187 Å². The summed E-state index contributed by atoms with van der Waals surface area (Å²) in [6.45, 7) is 4.07. The zero-order valence-electron chi connectivity index (χ0n) is 18.2. The molecule has 8 nitrogen and oxygen atoms in total. The fraction of sp³-hybridized carbons (Fsp3) is 0.545. The molecule has 2 aliphatic rings. The Hall–Kier alpha value is -2.55. The number of rotatable bonds is 8. The molecular formula is C22H30N6O2S. The number of benzene rings is 1. The Morgan fingerprint density at radius 1 is 1.13 bits per heavy atom. The van der Waals surface area contributed by atoms with Crippen molar-refractivity contribution in [3.63, 3.8) is 0 Å². The highest BCUT2D eigenvalue weighted by molar-refractivity contribution is 7.99. The lowest BCUT2D eigenvalue weighted by Gasteiger charge is -2.27. The van der Waals surface area contributed by atoms with Gasteiger partial charge in [-0.05, 0) is 51.2 Å². The van der Waals surface area contributed by atoms with E-state index in [9.17, 15) is 9.59 Å². The van der Waals surface area contributed by atoms with Gasteiger partial charge in [0.05, 0.1) is 18.0 Å². The molecule has 2 heterocycles. The van der Waals surface area contributed by atoms with Crippen molar-refractivity contribution in [2.24, 2.45) is 0 Å². The summed E-state index contributed by atoms with van der Waals surface area (Å²) in [6.07, 6.45) is 5.61. The number of aryl methyl sites for hydroxylation is 1. The molecule has 0 bridgehead atoms. The van der Waals surface area contributed by atoms with Gasteiger partial charge in [0.25, 0.3) is 0 Å². The summed E-state index contributed by atoms with van der Waals surface area (Å²) in [5, 5.41) is 12.5. The molecular weight excluding hydrogens is 412 g/mol. The first kappa shape index (κ1) is 21.7. The maximum absolute atomic E-state index is 12.6. The van der Waals surface area contributed by atoms with Gasteiger partial charge in [0.15, 0.2) is 5.16 Å². The van der Waals surface area contributed by atoms with Crippen LogP contribution < -0.4 is 10.2 Å². The molecule has 1 saturated carbocycles. The molecule has 31 heavy (non-hydrogen) atoms. The third kappa shape index (κ3) is 5.58. The van der Waals surface area contributed by atoms with E-state index in [1.54, 1.807) is 7.05 Å². The maximum atomic E-state index is 12.6. The highest BCUT2D eigenvalue weighted by Gasteiger charge is 2.25. The zero-order valence-corrected chi connectivity index (χ0v) is 19.0. The number of nitrogens with zero attached hydrogens (tertiary/aromatic N) is 5. The second-order valence-electron chi connectivity index (χ2n) is 8.38. The predicted octanol–water partition coefficient (Wildman–Crippen LogP) is 2.40. The molecule has 0 radical (unpaired) electrons. The Morgan fingerprint density at radius 3 is 2.52 bits per heavy atom. The first-order valence-corrected chi connectivity index (χ1v) is 11.9. The standard InChI is InChI=1S/C22H30N6O2S/c1-16-6-10-18(11-7-16)28-21(27-12-4-3-5-13-27)24-25-22(28)31-15-20(30)26(2)14-19(29)23-17-8-9-17/h6-7,10-11,17H,3-5,8-9,12-15H2,1-2H3,(H,23,29). The number of likely N-dealkylation sites (N-methyl/N-ethyl adjacent to an activating group) is 1. The summed E-state index contributed by atoms with van der Waals surface area (Å²) < 4.78 is 2.04. The van der Waals surface area contributed by atoms with Gasteiger partial charge >= 0.3 is 0 Å². The summed E-state index contributed by atoms with van der Waals surface area (Å²) in [5.41, 5.74) is 2.18. The molecule has 166 valence electrons. The number of thioether (sulfide) groups is 1. The number of hydrogen-bond acceptors (Lipinski definition) is 6. The number of carbonyl (C=O) groups excluding carboxylic acids is 2. The van der Waals surface area contributed by atoms with E-state index >= 15 is 0 Å². The Bertz CT molecular complexity index is 919. The van der Waals surface area contributed by atoms with Crippen LogP contribution in [0.5, 0.6) is 0 Å². The Kier molecular flexibility index (Phi) is 6.80. The van der Waals surface area contributed by atoms with E-state index in [4.69, 9.17) is 0 Å². The number of piperidine rings is 1. The van der Waals surface area contributed by atoms with Crippen molar-refractivity contribution in [1.29, 1.82) is 0 Å². The van der Waals surface area contributed by atoms with Crippen LogP contribution in [0.3, 0.4) is 0 Å². The number of anilines is 1. The van der Waals surface area contributed by atoms with E-state index in [0.717, 1.165) is 50.4 Å². The molecule has 1 aliphatic carbocycles. The minimum absolute atomic E-state index is 0.0829. The summed E-state index contributed by atoms with van der Waals surface area (Å²) >= 11 is 1.36. The van der Waals surface area contributed by atoms with Gasteiger partial charge in [0, 0.05) is 26.2 Å². The number of aromatic nitrogens is 3. The molecule has 0 spiro atoms. The minimum Gasteiger partial charge on any atom is -0.352 e. The molecule has 1 aliphatic heterocycles. The van der Waals surface area contributed by atoms with Gasteiger partial charge in [-0.2, -0.15) is 0 Å². The molecule has 4 rings (SSSR count). The van der Waals surface area contributed by atoms with E-state index in [1.165, 1.54) is 28.6 Å². The van der Waals surface area contributed by atoms with Gasteiger partial charge < -0.3 is 15.1 Å². The normalized spacial score (nSPS) is 16.3. The largest absolute Gasteiger partial charge is 0.352 e. The molecule has 2 amide bonds. The maximum Gasteiger partial charge on any atom is 0.239 e. The van der Waals surface area contributed by atoms with Gasteiger partial charge in [-0.25, -0.2) is 0 Å². The molecule has 2 aromatic rings. The average molecular weight is 443 g/mol. The van der Waals surface area contributed by atoms with Crippen molar-refractivity contribution in [2.45, 2.75) is 50.2 Å². The zero-order chi connectivity index (χ0) is 21.8. The van der Waals surface area contributed by atoms with Crippen molar-refractivity contribution >= 4 is 29.5 Å². The highest BCUT2D eigenvalue weighted by Crippen LogP contribution is 2.28. The molecule has 9 heteroatoms. The molecule has 1 aromatic heterocycles. The lowest BCUT2D eigenvalue weighted by Crippen LogP contribution is -2.39. The van der Waals surface area contributed by atoms with Crippen LogP contribution in [0.15, 0.2) is 29.4 Å². The third-order valence-electron chi connectivity index (χ3n) is 5.62. The average Bonchev–Trinajstić information content (AvgIpc) is 3.48. The molecule has 2 fully saturated rings. The number of nitrogens with one attached hydrogen (secondary N) is 1. The Morgan fingerprint density at radius 2 is 1.84 bits per heavy atom. The van der Waals surface area contributed by atoms with Gasteiger partial charge in [0.1, 0.15) is 0 Å². The Balaban J connectivity index is 1.46. The number of amides is 2. The van der Waals surface area contributed by atoms with Gasteiger partial charge in [-0.3, -0.25) is 14.2 Å². The van der Waals surface area contributed by atoms with Crippen LogP contribution in [-0.2, 0) is 9.59 Å². The fourth-order valence-corrected chi connectivity index (χ4v) is 4.50. The monoisotopic (exact) mass is 442 g/mol. The lowest BCUT2D eigenvalue weighted by molar-refractivity contribution is -0.132. The van der Waals surface area contributed by atoms with Crippen LogP contribution in [0.4, 0.5) is 5.95 Å². The first-order chi connectivity index (χ1) is 15.0. The van der Waals surface area contributed by atoms with E-state index in [2.05, 4.69) is 51.6 Å². The van der Waals surface area contributed by atoms with Gasteiger partial charge in [-0.1, -0.05) is 29.5 Å². The van der Waals surface area contributed by atoms with E-state index in [1.807, 2.05) is 4.57 Å². The van der Waals surface area contributed by atoms with Crippen molar-refractivity contribution in [1.82, 2.24) is 25.0 Å². The van der Waals surface area contributed by atoms with Crippen LogP contribution in [-0.4, -0.2) is 70.0 Å². The van der Waals surface area contributed by atoms with Crippen LogP contribution in [0, 0.1) is 6.92 Å². The molecule has 0 atom stereocenters. The van der Waals surface area contributed by atoms with Crippen molar-refractivity contribution in [3.05, 3.63) is 29.8 Å². The van der Waals surface area contributed by atoms with Crippen LogP contribution in [0.25, 0.3) is 5.69 Å². The fourth-order valence-electron chi connectivity index (χ4n) is 3.62. The molecule has 1 N–H and O–H groups in total. The van der Waals surface area contributed by atoms with Crippen LogP contribution in [0.1, 0.15) is 37.7 Å². The lowest BCUT2D eigenvalue weighted by atomic mass is 10.1. The van der Waals surface area contributed by atoms with Crippen LogP contribution in [0.2, 0.25) is 0 Å². The minimum atomic E-state index is -0.103. The van der Waals surface area contributed by atoms with E-state index < -0.39 is 0 Å². The molecule has 1 saturated heterocycles. The summed E-state index contributed by atoms with van der Waals surface area (Å²) in [4.78, 5) is 28.3. The second kappa shape index (κ2) is 9.72. The van der Waals surface area contributed by atoms with Crippen molar-refractivity contribution < 1.29 is 9.59 Å². The summed E-state index contributed by atoms with van der Waals surface area (Å²) in [7, 11) is 1.67. The predicted molar refractivity (Wildman–Crippen MR) is 122 cm³/mol. The van der Waals surface area contributed by atoms with Crippen LogP contribution >= 0.6 is 11.8 Å². The van der Waals surface area contributed by atoms with Gasteiger partial charge in [-0.15, -0.1) is 10.2 Å². The smallest absolute Gasteiger partial charge is 0.239 e. The molecule has 1 aromatic carbocycles. The number of hydrogen-bond donors (Lipinski definition) is 1. The number of carbonyl (C=O) groups is 2. The summed E-state index contributed by atoms with van der Waals surface area (Å²) in [5.74, 6) is 0.833. The van der Waals surface area contributed by atoms with Crippen molar-refractivity contribution in [2.75, 3.05) is 37.3 Å². The molecule has 0 unspecified atom stereocenters. The van der Waals surface area contributed by atoms with E-state index in [0.29, 0.717) is 11.2 Å². The van der Waals surface area contributed by atoms with E-state index in [-0.39, 0.29) is 24.1 Å².